The Morgan fingerprint density at radius 1 is 1.23 bits per heavy atom. The predicted octanol–water partition coefficient (Wildman–Crippen LogP) is 3.84. The Kier molecular flexibility index (Phi) is 6.61. The van der Waals surface area contributed by atoms with Crippen molar-refractivity contribution >= 4 is 38.9 Å². The second kappa shape index (κ2) is 8.51. The van der Waals surface area contributed by atoms with E-state index in [2.05, 4.69) is 5.32 Å². The number of sulfonamides is 1. The minimum atomic E-state index is -3.55. The van der Waals surface area contributed by atoms with Gasteiger partial charge in [0.25, 0.3) is 0 Å². The number of aryl methyl sites for hydroxylation is 1. The summed E-state index contributed by atoms with van der Waals surface area (Å²) in [5.41, 5.74) is 1.79. The van der Waals surface area contributed by atoms with Crippen molar-refractivity contribution in [2.75, 3.05) is 22.4 Å². The number of amides is 1. The molecule has 0 saturated heterocycles. The van der Waals surface area contributed by atoms with Gasteiger partial charge in [-0.3, -0.25) is 9.10 Å². The molecule has 1 N–H and O–H groups in total. The molecule has 140 valence electrons. The van der Waals surface area contributed by atoms with Crippen LogP contribution in [0.1, 0.15) is 18.9 Å². The number of halogens is 2. The molecule has 0 atom stereocenters. The van der Waals surface area contributed by atoms with Gasteiger partial charge < -0.3 is 5.32 Å². The van der Waals surface area contributed by atoms with Crippen LogP contribution in [0, 0.1) is 5.82 Å². The minimum Gasteiger partial charge on any atom is -0.326 e. The highest BCUT2D eigenvalue weighted by atomic mass is 35.5. The van der Waals surface area contributed by atoms with Crippen molar-refractivity contribution < 1.29 is 17.6 Å². The monoisotopic (exact) mass is 398 g/mol. The zero-order chi connectivity index (χ0) is 19.3. The van der Waals surface area contributed by atoms with E-state index in [-0.39, 0.29) is 18.0 Å². The highest BCUT2D eigenvalue weighted by Crippen LogP contribution is 2.24. The molecular weight excluding hydrogens is 379 g/mol. The van der Waals surface area contributed by atoms with E-state index in [1.807, 2.05) is 19.1 Å². The fourth-order valence-electron chi connectivity index (χ4n) is 2.52. The Labute approximate surface area is 157 Å². The SMILES string of the molecule is CCc1ccccc1N(CCC(=O)Nc1ccc(F)c(Cl)c1)S(C)(=O)=O. The molecule has 1 amide bonds. The second-order valence-electron chi connectivity index (χ2n) is 5.74. The lowest BCUT2D eigenvalue weighted by Crippen LogP contribution is -2.33. The zero-order valence-electron chi connectivity index (χ0n) is 14.5. The number of nitrogens with one attached hydrogen (secondary N) is 1. The molecule has 0 aromatic heterocycles. The van der Waals surface area contributed by atoms with Crippen molar-refractivity contribution in [2.24, 2.45) is 0 Å². The van der Waals surface area contributed by atoms with Crippen molar-refractivity contribution in [1.82, 2.24) is 0 Å². The lowest BCUT2D eigenvalue weighted by molar-refractivity contribution is -0.116. The molecule has 2 rings (SSSR count). The molecule has 0 saturated carbocycles. The number of hydrogen-bond donors (Lipinski definition) is 1. The maximum Gasteiger partial charge on any atom is 0.232 e. The van der Waals surface area contributed by atoms with Gasteiger partial charge in [-0.2, -0.15) is 0 Å². The topological polar surface area (TPSA) is 66.5 Å². The van der Waals surface area contributed by atoms with E-state index in [1.54, 1.807) is 12.1 Å². The molecule has 0 unspecified atom stereocenters. The van der Waals surface area contributed by atoms with Crippen LogP contribution in [0.15, 0.2) is 42.5 Å². The van der Waals surface area contributed by atoms with Crippen molar-refractivity contribution in [3.05, 3.63) is 58.9 Å². The van der Waals surface area contributed by atoms with Crippen LogP contribution in [0.4, 0.5) is 15.8 Å². The van der Waals surface area contributed by atoms with Gasteiger partial charge in [-0.15, -0.1) is 0 Å². The number of benzene rings is 2. The van der Waals surface area contributed by atoms with E-state index in [1.165, 1.54) is 16.4 Å². The molecule has 0 fully saturated rings. The fourth-order valence-corrected chi connectivity index (χ4v) is 3.66. The van der Waals surface area contributed by atoms with Crippen molar-refractivity contribution in [3.8, 4) is 0 Å². The molecule has 8 heteroatoms. The van der Waals surface area contributed by atoms with Crippen molar-refractivity contribution in [1.29, 1.82) is 0 Å². The van der Waals surface area contributed by atoms with Gasteiger partial charge in [0.15, 0.2) is 0 Å². The van der Waals surface area contributed by atoms with Crippen molar-refractivity contribution in [3.63, 3.8) is 0 Å². The van der Waals surface area contributed by atoms with E-state index >= 15 is 0 Å². The predicted molar refractivity (Wildman–Crippen MR) is 103 cm³/mol. The molecule has 2 aromatic carbocycles. The van der Waals surface area contributed by atoms with Crippen molar-refractivity contribution in [2.45, 2.75) is 19.8 Å². The average molecular weight is 399 g/mol. The molecule has 0 radical (unpaired) electrons. The van der Waals surface area contributed by atoms with Gasteiger partial charge in [0, 0.05) is 18.7 Å². The van der Waals surface area contributed by atoms with Crippen LogP contribution in [0.3, 0.4) is 0 Å². The Balaban J connectivity index is 2.12. The first-order valence-electron chi connectivity index (χ1n) is 8.03. The Morgan fingerprint density at radius 3 is 2.54 bits per heavy atom. The molecule has 0 bridgehead atoms. The Bertz CT molecular complexity index is 903. The third-order valence-electron chi connectivity index (χ3n) is 3.79. The smallest absolute Gasteiger partial charge is 0.232 e. The normalized spacial score (nSPS) is 11.2. The third-order valence-corrected chi connectivity index (χ3v) is 5.26. The van der Waals surface area contributed by atoms with Gasteiger partial charge in [0.05, 0.1) is 17.0 Å². The first-order valence-corrected chi connectivity index (χ1v) is 10.3. The average Bonchev–Trinajstić information content (AvgIpc) is 2.57. The highest BCUT2D eigenvalue weighted by molar-refractivity contribution is 7.92. The molecule has 0 aliphatic rings. The molecule has 0 aliphatic carbocycles. The number of para-hydroxylation sites is 1. The van der Waals surface area contributed by atoms with Gasteiger partial charge >= 0.3 is 0 Å². The zero-order valence-corrected chi connectivity index (χ0v) is 16.1. The van der Waals surface area contributed by atoms with Gasteiger partial charge in [-0.05, 0) is 36.2 Å². The number of rotatable bonds is 7. The Hall–Kier alpha value is -2.12. The summed E-state index contributed by atoms with van der Waals surface area (Å²) in [7, 11) is -3.55. The summed E-state index contributed by atoms with van der Waals surface area (Å²) in [4.78, 5) is 12.2. The molecule has 2 aromatic rings. The summed E-state index contributed by atoms with van der Waals surface area (Å²) < 4.78 is 38.8. The largest absolute Gasteiger partial charge is 0.326 e. The van der Waals surface area contributed by atoms with Crippen LogP contribution in [-0.4, -0.2) is 27.1 Å². The van der Waals surface area contributed by atoms with Crippen LogP contribution in [0.5, 0.6) is 0 Å². The summed E-state index contributed by atoms with van der Waals surface area (Å²) in [5, 5.41) is 2.49. The summed E-state index contributed by atoms with van der Waals surface area (Å²) in [6.45, 7) is 1.93. The fraction of sp³-hybridized carbons (Fsp3) is 0.278. The molecule has 0 aliphatic heterocycles. The minimum absolute atomic E-state index is 0.00337. The lowest BCUT2D eigenvalue weighted by Gasteiger charge is -2.24. The van der Waals surface area contributed by atoms with Gasteiger partial charge in [0.2, 0.25) is 15.9 Å². The van der Waals surface area contributed by atoms with Crippen LogP contribution >= 0.6 is 11.6 Å². The summed E-state index contributed by atoms with van der Waals surface area (Å²) >= 11 is 5.68. The van der Waals surface area contributed by atoms with Crippen LogP contribution in [0.25, 0.3) is 0 Å². The first kappa shape index (κ1) is 20.2. The van der Waals surface area contributed by atoms with Crippen LogP contribution in [-0.2, 0) is 21.2 Å². The molecule has 5 nitrogen and oxygen atoms in total. The number of carbonyl (C=O) groups is 1. The summed E-state index contributed by atoms with van der Waals surface area (Å²) in [6.07, 6.45) is 1.72. The molecule has 0 spiro atoms. The van der Waals surface area contributed by atoms with Crippen LogP contribution in [0.2, 0.25) is 5.02 Å². The summed E-state index contributed by atoms with van der Waals surface area (Å²) in [6, 6.07) is 11.0. The first-order chi connectivity index (χ1) is 12.2. The van der Waals surface area contributed by atoms with E-state index < -0.39 is 21.7 Å². The Morgan fingerprint density at radius 2 is 1.92 bits per heavy atom. The van der Waals surface area contributed by atoms with Gasteiger partial charge in [0.1, 0.15) is 5.82 Å². The summed E-state index contributed by atoms with van der Waals surface area (Å²) in [5.74, 6) is -0.973. The number of hydrogen-bond acceptors (Lipinski definition) is 3. The maximum absolute atomic E-state index is 13.2. The van der Waals surface area contributed by atoms with E-state index in [9.17, 15) is 17.6 Å². The lowest BCUT2D eigenvalue weighted by atomic mass is 10.1. The van der Waals surface area contributed by atoms with Crippen LogP contribution < -0.4 is 9.62 Å². The second-order valence-corrected chi connectivity index (χ2v) is 8.06. The third kappa shape index (κ3) is 5.19. The van der Waals surface area contributed by atoms with E-state index in [4.69, 9.17) is 11.6 Å². The van der Waals surface area contributed by atoms with Gasteiger partial charge in [-0.25, -0.2) is 12.8 Å². The highest BCUT2D eigenvalue weighted by Gasteiger charge is 2.20. The molecule has 0 heterocycles. The number of carbonyl (C=O) groups excluding carboxylic acids is 1. The van der Waals surface area contributed by atoms with Gasteiger partial charge in [-0.1, -0.05) is 36.7 Å². The molecular formula is C18H20ClFN2O3S. The maximum atomic E-state index is 13.2. The number of nitrogens with zero attached hydrogens (tertiary/aromatic N) is 1. The standard InChI is InChI=1S/C18H20ClFN2O3S/c1-3-13-6-4-5-7-17(13)22(26(2,24)25)11-10-18(23)21-14-8-9-16(20)15(19)12-14/h4-9,12H,3,10-11H2,1-2H3,(H,21,23). The van der Waals surface area contributed by atoms with E-state index in [0.29, 0.717) is 17.8 Å². The quantitative estimate of drug-likeness (QED) is 0.770. The number of anilines is 2. The molecule has 26 heavy (non-hydrogen) atoms. The van der Waals surface area contributed by atoms with E-state index in [0.717, 1.165) is 17.9 Å².